The smallest absolute Gasteiger partial charge is 0.323 e. The van der Waals surface area contributed by atoms with Crippen molar-refractivity contribution in [2.75, 3.05) is 12.4 Å². The number of carboxylic acids is 1. The minimum absolute atomic E-state index is 0.143. The number of rotatable bonds is 8. The number of hydrogen-bond acceptors (Lipinski definition) is 4. The Morgan fingerprint density at radius 3 is 2.69 bits per heavy atom. The summed E-state index contributed by atoms with van der Waals surface area (Å²) in [4.78, 5) is 11.2. The first-order chi connectivity index (χ1) is 7.48. The van der Waals surface area contributed by atoms with Crippen molar-refractivity contribution in [3.8, 4) is 0 Å². The van der Waals surface area contributed by atoms with Crippen LogP contribution in [0.25, 0.3) is 0 Å². The van der Waals surface area contributed by atoms with E-state index in [9.17, 15) is 9.90 Å². The summed E-state index contributed by atoms with van der Waals surface area (Å²) >= 11 is 1.61. The molecule has 0 radical (unpaired) electrons. The van der Waals surface area contributed by atoms with Crippen LogP contribution < -0.4 is 5.32 Å². The molecule has 0 saturated heterocycles. The van der Waals surface area contributed by atoms with E-state index in [1.165, 1.54) is 0 Å². The maximum atomic E-state index is 11.2. The predicted molar refractivity (Wildman–Crippen MR) is 65.8 cm³/mol. The summed E-state index contributed by atoms with van der Waals surface area (Å²) in [6.45, 7) is 3.83. The Labute approximate surface area is 101 Å². The Hall–Kier alpha value is -0.260. The number of carbonyl (C=O) groups is 1. The van der Waals surface area contributed by atoms with Crippen LogP contribution in [-0.4, -0.2) is 45.4 Å². The van der Waals surface area contributed by atoms with Crippen LogP contribution in [0.5, 0.6) is 0 Å². The first-order valence-electron chi connectivity index (χ1n) is 5.71. The van der Waals surface area contributed by atoms with Gasteiger partial charge in [-0.1, -0.05) is 6.92 Å². The van der Waals surface area contributed by atoms with E-state index in [1.807, 2.05) is 6.92 Å². The van der Waals surface area contributed by atoms with E-state index in [0.29, 0.717) is 12.5 Å². The molecule has 1 saturated carbocycles. The van der Waals surface area contributed by atoms with Crippen LogP contribution in [-0.2, 0) is 4.79 Å². The highest BCUT2D eigenvalue weighted by molar-refractivity contribution is 7.99. The Morgan fingerprint density at radius 2 is 2.25 bits per heavy atom. The molecule has 1 rings (SSSR count). The van der Waals surface area contributed by atoms with Crippen molar-refractivity contribution in [1.29, 1.82) is 0 Å². The zero-order valence-corrected chi connectivity index (χ0v) is 10.7. The topological polar surface area (TPSA) is 69.6 Å². The molecule has 0 amide bonds. The molecule has 0 aromatic rings. The molecule has 0 spiro atoms. The molecule has 5 heteroatoms. The van der Waals surface area contributed by atoms with E-state index >= 15 is 0 Å². The molecule has 0 aliphatic heterocycles. The van der Waals surface area contributed by atoms with Gasteiger partial charge in [-0.15, -0.1) is 0 Å². The number of aliphatic carboxylic acids is 1. The molecule has 2 atom stereocenters. The monoisotopic (exact) mass is 247 g/mol. The highest BCUT2D eigenvalue weighted by Gasteiger charge is 2.37. The van der Waals surface area contributed by atoms with Crippen molar-refractivity contribution in [3.05, 3.63) is 0 Å². The number of aliphatic hydroxyl groups is 1. The molecule has 1 aliphatic rings. The molecular formula is C11H21NO3S. The van der Waals surface area contributed by atoms with Crippen molar-refractivity contribution in [2.45, 2.75) is 49.9 Å². The lowest BCUT2D eigenvalue weighted by molar-refractivity contribution is -0.144. The fraction of sp³-hybridized carbons (Fsp3) is 0.909. The third-order valence-corrected chi connectivity index (χ3v) is 3.99. The van der Waals surface area contributed by atoms with Gasteiger partial charge in [0.05, 0.1) is 6.61 Å². The summed E-state index contributed by atoms with van der Waals surface area (Å²) in [6.07, 6.45) is 2.76. The lowest BCUT2D eigenvalue weighted by Crippen LogP contribution is -2.51. The van der Waals surface area contributed by atoms with E-state index in [4.69, 9.17) is 5.11 Å². The van der Waals surface area contributed by atoms with E-state index in [1.54, 1.807) is 18.7 Å². The second-order valence-electron chi connectivity index (χ2n) is 4.67. The standard InChI is InChI=1S/C11H21NO3S/c1-8(7-13)16-6-5-11(2,10(14)15)12-9-3-4-9/h8-9,12-13H,3-7H2,1-2H3,(H,14,15). The van der Waals surface area contributed by atoms with Gasteiger partial charge in [-0.05, 0) is 31.9 Å². The average Bonchev–Trinajstić information content (AvgIpc) is 3.01. The van der Waals surface area contributed by atoms with Crippen LogP contribution in [0.1, 0.15) is 33.1 Å². The molecule has 0 aromatic carbocycles. The molecule has 94 valence electrons. The molecule has 0 heterocycles. The van der Waals surface area contributed by atoms with Gasteiger partial charge in [0, 0.05) is 11.3 Å². The van der Waals surface area contributed by atoms with Crippen molar-refractivity contribution in [3.63, 3.8) is 0 Å². The lowest BCUT2D eigenvalue weighted by Gasteiger charge is -2.26. The van der Waals surface area contributed by atoms with Crippen LogP contribution in [0, 0.1) is 0 Å². The van der Waals surface area contributed by atoms with E-state index in [2.05, 4.69) is 5.32 Å². The number of hydrogen-bond donors (Lipinski definition) is 3. The summed E-state index contributed by atoms with van der Waals surface area (Å²) in [5.41, 5.74) is -0.816. The van der Waals surface area contributed by atoms with Crippen molar-refractivity contribution < 1.29 is 15.0 Å². The molecule has 1 fully saturated rings. The number of nitrogens with one attached hydrogen (secondary N) is 1. The molecule has 4 nitrogen and oxygen atoms in total. The molecule has 2 unspecified atom stereocenters. The van der Waals surface area contributed by atoms with Gasteiger partial charge < -0.3 is 10.2 Å². The van der Waals surface area contributed by atoms with Crippen molar-refractivity contribution in [1.82, 2.24) is 5.32 Å². The minimum atomic E-state index is -0.816. The maximum Gasteiger partial charge on any atom is 0.323 e. The molecule has 0 aromatic heterocycles. The fourth-order valence-electron chi connectivity index (χ4n) is 1.44. The predicted octanol–water partition coefficient (Wildman–Crippen LogP) is 1.09. The summed E-state index contributed by atoms with van der Waals surface area (Å²) < 4.78 is 0. The third-order valence-electron chi connectivity index (χ3n) is 2.83. The summed E-state index contributed by atoms with van der Waals surface area (Å²) in [6, 6.07) is 0.390. The Bertz CT molecular complexity index is 245. The highest BCUT2D eigenvalue weighted by atomic mass is 32.2. The fourth-order valence-corrected chi connectivity index (χ4v) is 2.47. The highest BCUT2D eigenvalue weighted by Crippen LogP contribution is 2.25. The van der Waals surface area contributed by atoms with E-state index < -0.39 is 11.5 Å². The van der Waals surface area contributed by atoms with Crippen molar-refractivity contribution in [2.24, 2.45) is 0 Å². The Morgan fingerprint density at radius 1 is 1.62 bits per heavy atom. The van der Waals surface area contributed by atoms with Gasteiger partial charge in [0.15, 0.2) is 0 Å². The largest absolute Gasteiger partial charge is 0.480 e. The molecule has 1 aliphatic carbocycles. The minimum Gasteiger partial charge on any atom is -0.480 e. The first-order valence-corrected chi connectivity index (χ1v) is 6.76. The maximum absolute atomic E-state index is 11.2. The molecule has 0 bridgehead atoms. The summed E-state index contributed by atoms with van der Waals surface area (Å²) in [5, 5.41) is 21.4. The molecule has 3 N–H and O–H groups in total. The quantitative estimate of drug-likeness (QED) is 0.599. The zero-order valence-electron chi connectivity index (χ0n) is 9.90. The number of carboxylic acid groups (broad SMARTS) is 1. The van der Waals surface area contributed by atoms with Crippen LogP contribution in [0.2, 0.25) is 0 Å². The van der Waals surface area contributed by atoms with E-state index in [0.717, 1.165) is 18.6 Å². The first kappa shape index (κ1) is 13.8. The zero-order chi connectivity index (χ0) is 12.2. The van der Waals surface area contributed by atoms with Crippen LogP contribution in [0.4, 0.5) is 0 Å². The van der Waals surface area contributed by atoms with Gasteiger partial charge >= 0.3 is 5.97 Å². The number of aliphatic hydroxyl groups excluding tert-OH is 1. The molecule has 16 heavy (non-hydrogen) atoms. The number of thioether (sulfide) groups is 1. The van der Waals surface area contributed by atoms with Crippen LogP contribution >= 0.6 is 11.8 Å². The van der Waals surface area contributed by atoms with Gasteiger partial charge in [0.25, 0.3) is 0 Å². The van der Waals surface area contributed by atoms with Crippen molar-refractivity contribution >= 4 is 17.7 Å². The SMILES string of the molecule is CC(CO)SCCC(C)(NC1CC1)C(=O)O. The van der Waals surface area contributed by atoms with Gasteiger partial charge in [0.2, 0.25) is 0 Å². The van der Waals surface area contributed by atoms with E-state index in [-0.39, 0.29) is 11.9 Å². The Balaban J connectivity index is 2.34. The normalized spacial score (nSPS) is 21.4. The summed E-state index contributed by atoms with van der Waals surface area (Å²) in [7, 11) is 0. The van der Waals surface area contributed by atoms with Crippen LogP contribution in [0.3, 0.4) is 0 Å². The second kappa shape index (κ2) is 5.89. The van der Waals surface area contributed by atoms with Gasteiger partial charge in [-0.25, -0.2) is 0 Å². The average molecular weight is 247 g/mol. The third kappa shape index (κ3) is 4.31. The van der Waals surface area contributed by atoms with Gasteiger partial charge in [-0.3, -0.25) is 10.1 Å². The van der Waals surface area contributed by atoms with Crippen LogP contribution in [0.15, 0.2) is 0 Å². The van der Waals surface area contributed by atoms with Gasteiger partial charge in [-0.2, -0.15) is 11.8 Å². The lowest BCUT2D eigenvalue weighted by atomic mass is 9.99. The summed E-state index contributed by atoms with van der Waals surface area (Å²) in [5.74, 6) is -0.0267. The van der Waals surface area contributed by atoms with Gasteiger partial charge in [0.1, 0.15) is 5.54 Å². The Kier molecular flexibility index (Phi) is 5.08. The molecular weight excluding hydrogens is 226 g/mol. The second-order valence-corrected chi connectivity index (χ2v) is 6.22.